The highest BCUT2D eigenvalue weighted by molar-refractivity contribution is 5.92. The first-order chi connectivity index (χ1) is 12.2. The van der Waals surface area contributed by atoms with Crippen molar-refractivity contribution in [2.75, 3.05) is 19.5 Å². The van der Waals surface area contributed by atoms with Gasteiger partial charge in [0.2, 0.25) is 5.91 Å². The minimum atomic E-state index is -4.40. The van der Waals surface area contributed by atoms with Gasteiger partial charge in [-0.05, 0) is 48.4 Å². The highest BCUT2D eigenvalue weighted by Gasteiger charge is 2.30. The third-order valence-electron chi connectivity index (χ3n) is 3.92. The Labute approximate surface area is 149 Å². The van der Waals surface area contributed by atoms with Gasteiger partial charge in [-0.15, -0.1) is 0 Å². The van der Waals surface area contributed by atoms with Crippen LogP contribution in [-0.4, -0.2) is 20.1 Å². The van der Waals surface area contributed by atoms with Crippen LogP contribution in [0.25, 0.3) is 0 Å². The molecule has 1 unspecified atom stereocenters. The lowest BCUT2D eigenvalue weighted by Gasteiger charge is -2.14. The molecule has 26 heavy (non-hydrogen) atoms. The second kappa shape index (κ2) is 8.12. The number of methoxy groups -OCH3 is 2. The number of rotatable bonds is 6. The molecular formula is C19H20F3NO3. The minimum absolute atomic E-state index is 0.278. The Morgan fingerprint density at radius 1 is 1.04 bits per heavy atom. The predicted octanol–water partition coefficient (Wildman–Crippen LogP) is 4.54. The Morgan fingerprint density at radius 2 is 1.65 bits per heavy atom. The number of anilines is 1. The average Bonchev–Trinajstić information content (AvgIpc) is 2.61. The van der Waals surface area contributed by atoms with Gasteiger partial charge in [0.15, 0.2) is 11.5 Å². The third kappa shape index (κ3) is 4.91. The van der Waals surface area contributed by atoms with Crippen molar-refractivity contribution in [3.05, 3.63) is 53.6 Å². The summed E-state index contributed by atoms with van der Waals surface area (Å²) in [6, 6.07) is 9.75. The van der Waals surface area contributed by atoms with Crippen LogP contribution in [-0.2, 0) is 17.4 Å². The molecule has 0 spiro atoms. The smallest absolute Gasteiger partial charge is 0.416 e. The number of benzene rings is 2. The summed E-state index contributed by atoms with van der Waals surface area (Å²) in [5, 5.41) is 2.63. The molecule has 0 heterocycles. The van der Waals surface area contributed by atoms with Crippen LogP contribution in [0.3, 0.4) is 0 Å². The molecule has 2 aromatic carbocycles. The Balaban J connectivity index is 2.01. The minimum Gasteiger partial charge on any atom is -0.493 e. The first kappa shape index (κ1) is 19.6. The maximum Gasteiger partial charge on any atom is 0.416 e. The number of alkyl halides is 3. The van der Waals surface area contributed by atoms with Gasteiger partial charge < -0.3 is 14.8 Å². The maximum absolute atomic E-state index is 12.6. The van der Waals surface area contributed by atoms with E-state index in [1.807, 2.05) is 6.07 Å². The molecule has 2 aromatic rings. The van der Waals surface area contributed by atoms with E-state index in [0.717, 1.165) is 17.7 Å². The summed E-state index contributed by atoms with van der Waals surface area (Å²) < 4.78 is 48.1. The van der Waals surface area contributed by atoms with Crippen molar-refractivity contribution in [3.8, 4) is 11.5 Å². The van der Waals surface area contributed by atoms with Crippen molar-refractivity contribution >= 4 is 11.6 Å². The van der Waals surface area contributed by atoms with Crippen LogP contribution in [0.4, 0.5) is 18.9 Å². The molecule has 0 radical (unpaired) electrons. The second-order valence-corrected chi connectivity index (χ2v) is 5.86. The molecule has 1 N–H and O–H groups in total. The standard InChI is InChI=1S/C19H20F3NO3/c1-12(10-13-4-9-16(25-2)17(11-13)26-3)18(24)23-15-7-5-14(6-8-15)19(20,21)22/h4-9,11-12H,10H2,1-3H3,(H,23,24). The number of halogens is 3. The summed E-state index contributed by atoms with van der Waals surface area (Å²) >= 11 is 0. The van der Waals surface area contributed by atoms with E-state index in [4.69, 9.17) is 9.47 Å². The van der Waals surface area contributed by atoms with E-state index in [9.17, 15) is 18.0 Å². The van der Waals surface area contributed by atoms with Gasteiger partial charge in [-0.25, -0.2) is 0 Å². The van der Waals surface area contributed by atoms with E-state index in [-0.39, 0.29) is 11.8 Å². The largest absolute Gasteiger partial charge is 0.493 e. The Morgan fingerprint density at radius 3 is 2.19 bits per heavy atom. The molecule has 1 atom stereocenters. The molecule has 2 rings (SSSR count). The highest BCUT2D eigenvalue weighted by atomic mass is 19.4. The van der Waals surface area contributed by atoms with Crippen LogP contribution in [0.5, 0.6) is 11.5 Å². The lowest BCUT2D eigenvalue weighted by Crippen LogP contribution is -2.22. The maximum atomic E-state index is 12.6. The van der Waals surface area contributed by atoms with Gasteiger partial charge in [-0.2, -0.15) is 13.2 Å². The van der Waals surface area contributed by atoms with Gasteiger partial charge >= 0.3 is 6.18 Å². The SMILES string of the molecule is COc1ccc(CC(C)C(=O)Nc2ccc(C(F)(F)F)cc2)cc1OC. The quantitative estimate of drug-likeness (QED) is 0.815. The van der Waals surface area contributed by atoms with Crippen LogP contribution in [0.1, 0.15) is 18.1 Å². The topological polar surface area (TPSA) is 47.6 Å². The first-order valence-electron chi connectivity index (χ1n) is 7.93. The van der Waals surface area contributed by atoms with Crippen LogP contribution in [0.2, 0.25) is 0 Å². The van der Waals surface area contributed by atoms with Crippen molar-refractivity contribution in [3.63, 3.8) is 0 Å². The molecule has 0 aliphatic rings. The van der Waals surface area contributed by atoms with Crippen LogP contribution in [0, 0.1) is 5.92 Å². The van der Waals surface area contributed by atoms with Crippen molar-refractivity contribution in [2.45, 2.75) is 19.5 Å². The molecule has 0 saturated heterocycles. The molecule has 0 saturated carbocycles. The number of ether oxygens (including phenoxy) is 2. The fourth-order valence-corrected chi connectivity index (χ4v) is 2.46. The van der Waals surface area contributed by atoms with Gasteiger partial charge in [0.25, 0.3) is 0 Å². The number of nitrogens with one attached hydrogen (secondary N) is 1. The predicted molar refractivity (Wildman–Crippen MR) is 92.5 cm³/mol. The number of hydrogen-bond acceptors (Lipinski definition) is 3. The van der Waals surface area contributed by atoms with E-state index in [0.29, 0.717) is 23.6 Å². The summed E-state index contributed by atoms with van der Waals surface area (Å²) in [5.74, 6) is 0.508. The van der Waals surface area contributed by atoms with Crippen molar-refractivity contribution in [1.82, 2.24) is 0 Å². The van der Waals surface area contributed by atoms with E-state index < -0.39 is 11.7 Å². The molecular weight excluding hydrogens is 347 g/mol. The summed E-state index contributed by atoms with van der Waals surface area (Å²) in [4.78, 5) is 12.3. The molecule has 4 nitrogen and oxygen atoms in total. The van der Waals surface area contributed by atoms with E-state index in [1.165, 1.54) is 26.4 Å². The molecule has 1 amide bonds. The van der Waals surface area contributed by atoms with Crippen molar-refractivity contribution < 1.29 is 27.4 Å². The monoisotopic (exact) mass is 367 g/mol. The lowest BCUT2D eigenvalue weighted by molar-refractivity contribution is -0.137. The first-order valence-corrected chi connectivity index (χ1v) is 7.93. The Bertz CT molecular complexity index is 758. The zero-order chi connectivity index (χ0) is 19.3. The molecule has 0 aromatic heterocycles. The molecule has 0 aliphatic heterocycles. The van der Waals surface area contributed by atoms with E-state index >= 15 is 0 Å². The van der Waals surface area contributed by atoms with Gasteiger partial charge in [0, 0.05) is 11.6 Å². The van der Waals surface area contributed by atoms with Gasteiger partial charge in [-0.3, -0.25) is 4.79 Å². The fourth-order valence-electron chi connectivity index (χ4n) is 2.46. The zero-order valence-electron chi connectivity index (χ0n) is 14.7. The molecule has 0 aliphatic carbocycles. The average molecular weight is 367 g/mol. The van der Waals surface area contributed by atoms with Gasteiger partial charge in [-0.1, -0.05) is 13.0 Å². The zero-order valence-corrected chi connectivity index (χ0v) is 14.7. The molecule has 7 heteroatoms. The van der Waals surface area contributed by atoms with Gasteiger partial charge in [0.1, 0.15) is 0 Å². The molecule has 0 bridgehead atoms. The molecule has 140 valence electrons. The third-order valence-corrected chi connectivity index (χ3v) is 3.92. The summed E-state index contributed by atoms with van der Waals surface area (Å²) in [7, 11) is 3.07. The summed E-state index contributed by atoms with van der Waals surface area (Å²) in [5.41, 5.74) is 0.453. The Hall–Kier alpha value is -2.70. The lowest BCUT2D eigenvalue weighted by atomic mass is 9.99. The van der Waals surface area contributed by atoms with Crippen LogP contribution >= 0.6 is 0 Å². The second-order valence-electron chi connectivity index (χ2n) is 5.86. The van der Waals surface area contributed by atoms with Gasteiger partial charge in [0.05, 0.1) is 19.8 Å². The van der Waals surface area contributed by atoms with E-state index in [2.05, 4.69) is 5.32 Å². The van der Waals surface area contributed by atoms with Crippen molar-refractivity contribution in [2.24, 2.45) is 5.92 Å². The van der Waals surface area contributed by atoms with E-state index in [1.54, 1.807) is 19.1 Å². The Kier molecular flexibility index (Phi) is 6.13. The summed E-state index contributed by atoms with van der Waals surface area (Å²) in [6.07, 6.45) is -3.95. The fraction of sp³-hybridized carbons (Fsp3) is 0.316. The van der Waals surface area contributed by atoms with Crippen LogP contribution in [0.15, 0.2) is 42.5 Å². The number of carbonyl (C=O) groups excluding carboxylic acids is 1. The highest BCUT2D eigenvalue weighted by Crippen LogP contribution is 2.30. The summed E-state index contributed by atoms with van der Waals surface area (Å²) in [6.45, 7) is 1.75. The van der Waals surface area contributed by atoms with Crippen LogP contribution < -0.4 is 14.8 Å². The number of amides is 1. The normalized spacial score (nSPS) is 12.4. The number of carbonyl (C=O) groups is 1. The molecule has 0 fully saturated rings. The number of hydrogen-bond donors (Lipinski definition) is 1. The van der Waals surface area contributed by atoms with Crippen molar-refractivity contribution in [1.29, 1.82) is 0 Å².